The predicted molar refractivity (Wildman–Crippen MR) is 93.8 cm³/mol. The van der Waals surface area contributed by atoms with Crippen LogP contribution in [0.4, 0.5) is 0 Å². The van der Waals surface area contributed by atoms with Crippen LogP contribution in [-0.4, -0.2) is 51.9 Å². The number of hydrogen-bond acceptors (Lipinski definition) is 4. The summed E-state index contributed by atoms with van der Waals surface area (Å²) in [5, 5.41) is 0. The van der Waals surface area contributed by atoms with Crippen LogP contribution in [0.3, 0.4) is 0 Å². The van der Waals surface area contributed by atoms with Crippen molar-refractivity contribution in [1.29, 1.82) is 0 Å². The minimum atomic E-state index is 0.254. The maximum atomic E-state index is 12.4. The van der Waals surface area contributed by atoms with Crippen molar-refractivity contribution in [2.45, 2.75) is 38.6 Å². The van der Waals surface area contributed by atoms with E-state index in [1.165, 1.54) is 18.4 Å². The van der Waals surface area contributed by atoms with Crippen molar-refractivity contribution in [3.8, 4) is 0 Å². The molecule has 0 radical (unpaired) electrons. The highest BCUT2D eigenvalue weighted by atomic mass is 16.3. The quantitative estimate of drug-likeness (QED) is 0.906. The second-order valence-electron chi connectivity index (χ2n) is 7.59. The van der Waals surface area contributed by atoms with Crippen molar-refractivity contribution in [2.24, 2.45) is 5.41 Å². The molecule has 0 aromatic carbocycles. The smallest absolute Gasteiger partial charge is 0.222 e. The number of nitrogens with zero attached hydrogens (tertiary/aromatic N) is 3. The van der Waals surface area contributed by atoms with Crippen LogP contribution in [0.1, 0.15) is 36.9 Å². The average Bonchev–Trinajstić information content (AvgIpc) is 3.30. The summed E-state index contributed by atoms with van der Waals surface area (Å²) in [5.74, 6) is 0.303. The molecule has 2 aliphatic rings. The van der Waals surface area contributed by atoms with Gasteiger partial charge in [-0.05, 0) is 31.9 Å². The average molecular weight is 342 g/mol. The summed E-state index contributed by atoms with van der Waals surface area (Å²) in [4.78, 5) is 24.2. The predicted octanol–water partition coefficient (Wildman–Crippen LogP) is 2.45. The van der Waals surface area contributed by atoms with E-state index in [1.54, 1.807) is 12.6 Å². The summed E-state index contributed by atoms with van der Waals surface area (Å²) in [6.07, 6.45) is 12.1. The molecule has 2 aliphatic heterocycles. The second kappa shape index (κ2) is 7.04. The van der Waals surface area contributed by atoms with E-state index in [4.69, 9.17) is 4.42 Å². The molecular formula is C19H26N4O2. The summed E-state index contributed by atoms with van der Waals surface area (Å²) < 4.78 is 5.20. The second-order valence-corrected chi connectivity index (χ2v) is 7.59. The zero-order valence-corrected chi connectivity index (χ0v) is 14.6. The summed E-state index contributed by atoms with van der Waals surface area (Å²) >= 11 is 0. The molecular weight excluding hydrogens is 316 g/mol. The molecule has 1 N–H and O–H groups in total. The van der Waals surface area contributed by atoms with Crippen molar-refractivity contribution in [1.82, 2.24) is 19.8 Å². The maximum absolute atomic E-state index is 12.4. The van der Waals surface area contributed by atoms with Crippen LogP contribution in [-0.2, 0) is 17.8 Å². The molecule has 134 valence electrons. The number of nitrogens with one attached hydrogen (secondary N) is 1. The number of piperidine rings is 2. The van der Waals surface area contributed by atoms with Crippen molar-refractivity contribution in [3.05, 3.63) is 42.4 Å². The molecule has 4 rings (SSSR count). The van der Waals surface area contributed by atoms with Crippen LogP contribution in [0.15, 0.2) is 35.5 Å². The normalized spacial score (nSPS) is 25.0. The number of H-pyrrole nitrogens is 1. The first-order valence-corrected chi connectivity index (χ1v) is 9.21. The lowest BCUT2D eigenvalue weighted by Gasteiger charge is -2.48. The Labute approximate surface area is 148 Å². The van der Waals surface area contributed by atoms with Gasteiger partial charge in [-0.2, -0.15) is 0 Å². The Hall–Kier alpha value is -2.08. The van der Waals surface area contributed by atoms with Gasteiger partial charge in [-0.1, -0.05) is 0 Å². The van der Waals surface area contributed by atoms with Gasteiger partial charge in [0.1, 0.15) is 0 Å². The monoisotopic (exact) mass is 342 g/mol. The molecule has 2 saturated heterocycles. The topological polar surface area (TPSA) is 65.4 Å². The number of aromatic amines is 1. The number of rotatable bonds is 5. The standard InChI is InChI=1S/C19H26N4O2/c24-18-2-6-19(14-23(18)8-3-17-10-20-15-21-17)5-1-7-22(13-19)11-16-4-9-25-12-16/h4,9-10,12,15H,1-3,5-8,11,13-14H2,(H,20,21)/t19-/m1/s1. The van der Waals surface area contributed by atoms with Gasteiger partial charge in [0.2, 0.25) is 5.91 Å². The van der Waals surface area contributed by atoms with Gasteiger partial charge in [-0.3, -0.25) is 9.69 Å². The molecule has 0 bridgehead atoms. The van der Waals surface area contributed by atoms with Crippen LogP contribution in [0, 0.1) is 5.41 Å². The van der Waals surface area contributed by atoms with Crippen LogP contribution in [0.5, 0.6) is 0 Å². The molecule has 0 saturated carbocycles. The molecule has 0 aliphatic carbocycles. The lowest BCUT2D eigenvalue weighted by Crippen LogP contribution is -2.54. The molecule has 4 heterocycles. The third-order valence-electron chi connectivity index (χ3n) is 5.68. The largest absolute Gasteiger partial charge is 0.472 e. The van der Waals surface area contributed by atoms with Gasteiger partial charge in [0.15, 0.2) is 0 Å². The van der Waals surface area contributed by atoms with Gasteiger partial charge < -0.3 is 14.3 Å². The van der Waals surface area contributed by atoms with E-state index < -0.39 is 0 Å². The SMILES string of the molecule is O=C1CC[C@@]2(CCCN(Cc3ccoc3)C2)CN1CCc1cnc[nH]1. The number of furan rings is 1. The molecule has 1 spiro atoms. The van der Waals surface area contributed by atoms with Gasteiger partial charge in [-0.25, -0.2) is 4.98 Å². The Morgan fingerprint density at radius 1 is 1.32 bits per heavy atom. The number of imidazole rings is 1. The van der Waals surface area contributed by atoms with Crippen LogP contribution < -0.4 is 0 Å². The van der Waals surface area contributed by atoms with Crippen molar-refractivity contribution in [2.75, 3.05) is 26.2 Å². The summed E-state index contributed by atoms with van der Waals surface area (Å²) in [7, 11) is 0. The highest BCUT2D eigenvalue weighted by molar-refractivity contribution is 5.77. The van der Waals surface area contributed by atoms with E-state index in [1.807, 2.05) is 18.5 Å². The molecule has 2 aromatic heterocycles. The third-order valence-corrected chi connectivity index (χ3v) is 5.68. The lowest BCUT2D eigenvalue weighted by atomic mass is 9.73. The van der Waals surface area contributed by atoms with E-state index >= 15 is 0 Å². The van der Waals surface area contributed by atoms with Gasteiger partial charge in [0, 0.05) is 61.9 Å². The third kappa shape index (κ3) is 3.79. The first-order valence-electron chi connectivity index (χ1n) is 9.21. The van der Waals surface area contributed by atoms with Crippen LogP contribution in [0.2, 0.25) is 0 Å². The number of amides is 1. The van der Waals surface area contributed by atoms with Crippen molar-refractivity contribution >= 4 is 5.91 Å². The van der Waals surface area contributed by atoms with Crippen molar-refractivity contribution in [3.63, 3.8) is 0 Å². The van der Waals surface area contributed by atoms with E-state index in [0.29, 0.717) is 12.3 Å². The summed E-state index contributed by atoms with van der Waals surface area (Å²) in [5.41, 5.74) is 2.59. The van der Waals surface area contributed by atoms with E-state index in [2.05, 4.69) is 19.8 Å². The molecule has 0 unspecified atom stereocenters. The lowest BCUT2D eigenvalue weighted by molar-refractivity contribution is -0.139. The highest BCUT2D eigenvalue weighted by Gasteiger charge is 2.41. The van der Waals surface area contributed by atoms with E-state index in [0.717, 1.165) is 51.3 Å². The molecule has 25 heavy (non-hydrogen) atoms. The summed E-state index contributed by atoms with van der Waals surface area (Å²) in [6.45, 7) is 4.83. The number of hydrogen-bond donors (Lipinski definition) is 1. The van der Waals surface area contributed by atoms with E-state index in [9.17, 15) is 4.79 Å². The Kier molecular flexibility index (Phi) is 4.61. The minimum absolute atomic E-state index is 0.254. The van der Waals surface area contributed by atoms with Crippen LogP contribution in [0.25, 0.3) is 0 Å². The molecule has 2 aromatic rings. The molecule has 1 atom stereocenters. The first kappa shape index (κ1) is 16.4. The van der Waals surface area contributed by atoms with Crippen molar-refractivity contribution < 1.29 is 9.21 Å². The van der Waals surface area contributed by atoms with Gasteiger partial charge in [-0.15, -0.1) is 0 Å². The highest BCUT2D eigenvalue weighted by Crippen LogP contribution is 2.39. The molecule has 6 heteroatoms. The zero-order chi connectivity index (χ0) is 17.1. The van der Waals surface area contributed by atoms with E-state index in [-0.39, 0.29) is 5.41 Å². The number of aromatic nitrogens is 2. The fourth-order valence-corrected chi connectivity index (χ4v) is 4.40. The summed E-state index contributed by atoms with van der Waals surface area (Å²) in [6, 6.07) is 2.04. The number of likely N-dealkylation sites (tertiary alicyclic amines) is 2. The van der Waals surface area contributed by atoms with Gasteiger partial charge >= 0.3 is 0 Å². The Bertz CT molecular complexity index is 682. The Morgan fingerprint density at radius 3 is 3.08 bits per heavy atom. The number of carbonyl (C=O) groups excluding carboxylic acids is 1. The molecule has 1 amide bonds. The fourth-order valence-electron chi connectivity index (χ4n) is 4.40. The zero-order valence-electron chi connectivity index (χ0n) is 14.6. The Morgan fingerprint density at radius 2 is 2.28 bits per heavy atom. The fraction of sp³-hybridized carbons (Fsp3) is 0.579. The Balaban J connectivity index is 1.39. The molecule has 6 nitrogen and oxygen atoms in total. The van der Waals surface area contributed by atoms with Gasteiger partial charge in [0.05, 0.1) is 18.9 Å². The van der Waals surface area contributed by atoms with Crippen LogP contribution >= 0.6 is 0 Å². The van der Waals surface area contributed by atoms with Gasteiger partial charge in [0.25, 0.3) is 0 Å². The maximum Gasteiger partial charge on any atom is 0.222 e. The first-order chi connectivity index (χ1) is 12.2. The minimum Gasteiger partial charge on any atom is -0.472 e. The number of carbonyl (C=O) groups is 1. The molecule has 2 fully saturated rings.